The number of rotatable bonds is 4. The Bertz CT molecular complexity index is 398. The highest BCUT2D eigenvalue weighted by Gasteiger charge is 2.21. The topological polar surface area (TPSA) is 58.6 Å². The van der Waals surface area contributed by atoms with Gasteiger partial charge in [-0.15, -0.1) is 0 Å². The number of aliphatic hydroxyl groups is 1. The number of carbonyl (C=O) groups is 1. The van der Waals surface area contributed by atoms with Gasteiger partial charge in [0, 0.05) is 5.92 Å². The van der Waals surface area contributed by atoms with Gasteiger partial charge >= 0.3 is 6.09 Å². The molecule has 0 spiro atoms. The number of amides is 1. The molecule has 0 bridgehead atoms. The van der Waals surface area contributed by atoms with Crippen LogP contribution in [0, 0.1) is 5.92 Å². The predicted molar refractivity (Wildman–Crippen MR) is 74.7 cm³/mol. The van der Waals surface area contributed by atoms with Gasteiger partial charge in [-0.05, 0) is 32.8 Å². The van der Waals surface area contributed by atoms with E-state index in [9.17, 15) is 9.90 Å². The lowest BCUT2D eigenvalue weighted by Crippen LogP contribution is -2.42. The number of aliphatic hydroxyl groups excluding tert-OH is 1. The average Bonchev–Trinajstić information content (AvgIpc) is 2.27. The first-order chi connectivity index (χ1) is 8.78. The molecule has 0 saturated heterocycles. The van der Waals surface area contributed by atoms with E-state index in [1.807, 2.05) is 37.3 Å². The van der Waals surface area contributed by atoms with Gasteiger partial charge in [0.25, 0.3) is 0 Å². The summed E-state index contributed by atoms with van der Waals surface area (Å²) in [5.41, 5.74) is 0.562. The minimum absolute atomic E-state index is 0.0880. The Morgan fingerprint density at radius 3 is 2.42 bits per heavy atom. The van der Waals surface area contributed by atoms with Gasteiger partial charge in [0.15, 0.2) is 0 Å². The number of nitrogens with one attached hydrogen (secondary N) is 1. The third kappa shape index (κ3) is 6.25. The zero-order chi connectivity index (χ0) is 14.5. The first-order valence-electron chi connectivity index (χ1n) is 6.49. The maximum absolute atomic E-state index is 11.5. The van der Waals surface area contributed by atoms with Crippen LogP contribution in [0.2, 0.25) is 0 Å². The van der Waals surface area contributed by atoms with E-state index in [0.29, 0.717) is 6.42 Å². The van der Waals surface area contributed by atoms with Crippen molar-refractivity contribution in [3.8, 4) is 0 Å². The molecule has 0 aliphatic carbocycles. The molecule has 106 valence electrons. The van der Waals surface area contributed by atoms with E-state index in [1.165, 1.54) is 0 Å². The van der Waals surface area contributed by atoms with Gasteiger partial charge in [-0.3, -0.25) is 5.32 Å². The molecule has 1 rings (SSSR count). The summed E-state index contributed by atoms with van der Waals surface area (Å²) in [7, 11) is 0. The van der Waals surface area contributed by atoms with Crippen molar-refractivity contribution >= 4 is 6.09 Å². The number of alkyl carbamates (subject to hydrolysis) is 1. The molecule has 0 aliphatic rings. The second-order valence-electron chi connectivity index (χ2n) is 5.76. The standard InChI is InChI=1S/C15H23NO3/c1-11(10-12-8-6-5-7-9-12)13(17)16-14(18)19-15(2,3)4/h5-9,11,13,17H,10H2,1-4H3,(H,16,18). The smallest absolute Gasteiger partial charge is 0.409 e. The van der Waals surface area contributed by atoms with Gasteiger partial charge in [-0.2, -0.15) is 0 Å². The van der Waals surface area contributed by atoms with Crippen LogP contribution in [-0.2, 0) is 11.2 Å². The van der Waals surface area contributed by atoms with Gasteiger partial charge in [-0.1, -0.05) is 37.3 Å². The summed E-state index contributed by atoms with van der Waals surface area (Å²) in [5, 5.41) is 12.4. The van der Waals surface area contributed by atoms with Crippen molar-refractivity contribution in [3.63, 3.8) is 0 Å². The molecule has 0 radical (unpaired) electrons. The van der Waals surface area contributed by atoms with E-state index in [-0.39, 0.29) is 5.92 Å². The highest BCUT2D eigenvalue weighted by molar-refractivity contribution is 5.67. The zero-order valence-electron chi connectivity index (χ0n) is 12.0. The normalized spacial score (nSPS) is 14.6. The fraction of sp³-hybridized carbons (Fsp3) is 0.533. The highest BCUT2D eigenvalue weighted by atomic mass is 16.6. The lowest BCUT2D eigenvalue weighted by Gasteiger charge is -2.24. The molecule has 1 amide bonds. The molecule has 0 aromatic heterocycles. The summed E-state index contributed by atoms with van der Waals surface area (Å²) in [5.74, 6) is -0.0880. The fourth-order valence-electron chi connectivity index (χ4n) is 1.67. The Balaban J connectivity index is 2.45. The van der Waals surface area contributed by atoms with Crippen LogP contribution < -0.4 is 5.32 Å². The lowest BCUT2D eigenvalue weighted by molar-refractivity contribution is 0.0246. The average molecular weight is 265 g/mol. The third-order valence-electron chi connectivity index (χ3n) is 2.60. The molecular formula is C15H23NO3. The van der Waals surface area contributed by atoms with Crippen LogP contribution in [0.1, 0.15) is 33.3 Å². The van der Waals surface area contributed by atoms with Crippen LogP contribution >= 0.6 is 0 Å². The quantitative estimate of drug-likeness (QED) is 0.823. The Morgan fingerprint density at radius 1 is 1.32 bits per heavy atom. The SMILES string of the molecule is CC(Cc1ccccc1)C(O)NC(=O)OC(C)(C)C. The maximum atomic E-state index is 11.5. The van der Waals surface area contributed by atoms with Gasteiger partial charge in [0.1, 0.15) is 11.8 Å². The Morgan fingerprint density at radius 2 is 1.89 bits per heavy atom. The monoisotopic (exact) mass is 265 g/mol. The summed E-state index contributed by atoms with van der Waals surface area (Å²) in [4.78, 5) is 11.5. The molecule has 1 aromatic rings. The van der Waals surface area contributed by atoms with Crippen molar-refractivity contribution in [3.05, 3.63) is 35.9 Å². The molecule has 0 heterocycles. The first-order valence-corrected chi connectivity index (χ1v) is 6.49. The number of carbonyl (C=O) groups excluding carboxylic acids is 1. The number of benzene rings is 1. The number of ether oxygens (including phenoxy) is 1. The van der Waals surface area contributed by atoms with Crippen LogP contribution in [0.25, 0.3) is 0 Å². The molecule has 0 fully saturated rings. The number of hydrogen-bond acceptors (Lipinski definition) is 3. The highest BCUT2D eigenvalue weighted by Crippen LogP contribution is 2.12. The summed E-state index contributed by atoms with van der Waals surface area (Å²) < 4.78 is 5.10. The molecule has 2 N–H and O–H groups in total. The largest absolute Gasteiger partial charge is 0.444 e. The van der Waals surface area contributed by atoms with Crippen LogP contribution in [0.5, 0.6) is 0 Å². The molecule has 4 nitrogen and oxygen atoms in total. The van der Waals surface area contributed by atoms with E-state index in [2.05, 4.69) is 5.32 Å². The van der Waals surface area contributed by atoms with E-state index in [0.717, 1.165) is 5.56 Å². The predicted octanol–water partition coefficient (Wildman–Crippen LogP) is 2.71. The van der Waals surface area contributed by atoms with Crippen LogP contribution in [0.3, 0.4) is 0 Å². The summed E-state index contributed by atoms with van der Waals surface area (Å²) in [6, 6.07) is 9.85. The van der Waals surface area contributed by atoms with Crippen molar-refractivity contribution in [2.45, 2.75) is 45.9 Å². The van der Waals surface area contributed by atoms with Crippen molar-refractivity contribution < 1.29 is 14.6 Å². The van der Waals surface area contributed by atoms with Crippen molar-refractivity contribution in [2.75, 3.05) is 0 Å². The molecule has 4 heteroatoms. The van der Waals surface area contributed by atoms with Crippen LogP contribution in [0.4, 0.5) is 4.79 Å². The molecular weight excluding hydrogens is 242 g/mol. The van der Waals surface area contributed by atoms with E-state index in [4.69, 9.17) is 4.74 Å². The minimum atomic E-state index is -0.921. The molecule has 1 aromatic carbocycles. The molecule has 0 aliphatic heterocycles. The Hall–Kier alpha value is -1.55. The van der Waals surface area contributed by atoms with Crippen molar-refractivity contribution in [2.24, 2.45) is 5.92 Å². The second-order valence-corrected chi connectivity index (χ2v) is 5.76. The van der Waals surface area contributed by atoms with Gasteiger partial charge in [0.2, 0.25) is 0 Å². The summed E-state index contributed by atoms with van der Waals surface area (Å²) >= 11 is 0. The Labute approximate surface area is 114 Å². The van der Waals surface area contributed by atoms with Crippen molar-refractivity contribution in [1.29, 1.82) is 0 Å². The molecule has 19 heavy (non-hydrogen) atoms. The second kappa shape index (κ2) is 6.57. The van der Waals surface area contributed by atoms with Gasteiger partial charge < -0.3 is 9.84 Å². The number of hydrogen-bond donors (Lipinski definition) is 2. The maximum Gasteiger partial charge on any atom is 0.409 e. The fourth-order valence-corrected chi connectivity index (χ4v) is 1.67. The summed E-state index contributed by atoms with van der Waals surface area (Å²) in [6.45, 7) is 7.24. The molecule has 0 saturated carbocycles. The molecule has 2 atom stereocenters. The van der Waals surface area contributed by atoms with Crippen LogP contribution in [0.15, 0.2) is 30.3 Å². The first kappa shape index (κ1) is 15.5. The van der Waals surface area contributed by atoms with Crippen molar-refractivity contribution in [1.82, 2.24) is 5.32 Å². The zero-order valence-corrected chi connectivity index (χ0v) is 12.0. The Kier molecular flexibility index (Phi) is 5.36. The molecule has 2 unspecified atom stereocenters. The van der Waals surface area contributed by atoms with E-state index < -0.39 is 17.9 Å². The third-order valence-corrected chi connectivity index (χ3v) is 2.60. The van der Waals surface area contributed by atoms with Gasteiger partial charge in [-0.25, -0.2) is 4.79 Å². The van der Waals surface area contributed by atoms with E-state index >= 15 is 0 Å². The minimum Gasteiger partial charge on any atom is -0.444 e. The lowest BCUT2D eigenvalue weighted by atomic mass is 10.00. The van der Waals surface area contributed by atoms with Crippen LogP contribution in [-0.4, -0.2) is 23.0 Å². The summed E-state index contributed by atoms with van der Waals surface area (Å²) in [6.07, 6.45) is -0.826. The van der Waals surface area contributed by atoms with E-state index in [1.54, 1.807) is 20.8 Å². The van der Waals surface area contributed by atoms with Gasteiger partial charge in [0.05, 0.1) is 0 Å².